The van der Waals surface area contributed by atoms with Gasteiger partial charge in [0.1, 0.15) is 12.1 Å². The number of hydrogen-bond donors (Lipinski definition) is 1. The molecule has 21 heavy (non-hydrogen) atoms. The molecule has 2 N–H and O–H groups in total. The number of ether oxygens (including phenoxy) is 2. The van der Waals surface area contributed by atoms with Crippen LogP contribution in [-0.4, -0.2) is 30.2 Å². The Kier molecular flexibility index (Phi) is 4.47. The van der Waals surface area contributed by atoms with Gasteiger partial charge in [0, 0.05) is 25.8 Å². The van der Waals surface area contributed by atoms with Gasteiger partial charge in [0.2, 0.25) is 11.8 Å². The number of nitrogens with zero attached hydrogens (tertiary/aromatic N) is 3. The molecular weight excluding hydrogens is 268 g/mol. The summed E-state index contributed by atoms with van der Waals surface area (Å²) in [6.45, 7) is 3.81. The molecule has 2 rings (SSSR count). The quantitative estimate of drug-likeness (QED) is 0.912. The van der Waals surface area contributed by atoms with E-state index in [0.29, 0.717) is 17.3 Å². The monoisotopic (exact) mass is 288 g/mol. The summed E-state index contributed by atoms with van der Waals surface area (Å²) < 4.78 is 11.3. The van der Waals surface area contributed by atoms with E-state index in [-0.39, 0.29) is 12.0 Å². The molecule has 0 fully saturated rings. The van der Waals surface area contributed by atoms with E-state index in [1.807, 2.05) is 57.1 Å². The summed E-state index contributed by atoms with van der Waals surface area (Å²) >= 11 is 0. The first-order valence-corrected chi connectivity index (χ1v) is 6.69. The Morgan fingerprint density at radius 1 is 1.14 bits per heavy atom. The number of anilines is 2. The molecule has 0 radical (unpaired) electrons. The van der Waals surface area contributed by atoms with E-state index in [1.54, 1.807) is 0 Å². The van der Waals surface area contributed by atoms with Gasteiger partial charge in [-0.1, -0.05) is 6.07 Å². The standard InChI is InChI=1S/C15H20N4O2/c1-10(2)20-14-13(16)15(18-9-17-14)21-12-7-5-6-11(8-12)19(3)4/h5-10H,16H2,1-4H3. The van der Waals surface area contributed by atoms with Gasteiger partial charge in [-0.2, -0.15) is 9.97 Å². The number of benzene rings is 1. The first kappa shape index (κ1) is 14.9. The number of aromatic nitrogens is 2. The fourth-order valence-electron chi connectivity index (χ4n) is 1.70. The third-order valence-electron chi connectivity index (χ3n) is 2.71. The topological polar surface area (TPSA) is 73.5 Å². The lowest BCUT2D eigenvalue weighted by atomic mass is 10.3. The Hall–Kier alpha value is -2.50. The van der Waals surface area contributed by atoms with Crippen LogP contribution in [0.1, 0.15) is 13.8 Å². The Morgan fingerprint density at radius 2 is 1.86 bits per heavy atom. The Bertz CT molecular complexity index is 614. The van der Waals surface area contributed by atoms with Gasteiger partial charge in [-0.15, -0.1) is 0 Å². The number of rotatable bonds is 5. The number of hydrogen-bond acceptors (Lipinski definition) is 6. The molecule has 0 aliphatic carbocycles. The molecule has 0 atom stereocenters. The Labute approximate surface area is 124 Å². The predicted molar refractivity (Wildman–Crippen MR) is 83.1 cm³/mol. The molecule has 0 aliphatic heterocycles. The summed E-state index contributed by atoms with van der Waals surface area (Å²) in [5.41, 5.74) is 7.31. The summed E-state index contributed by atoms with van der Waals surface area (Å²) in [5, 5.41) is 0. The SMILES string of the molecule is CC(C)Oc1ncnc(Oc2cccc(N(C)C)c2)c1N. The molecule has 0 spiro atoms. The highest BCUT2D eigenvalue weighted by atomic mass is 16.5. The van der Waals surface area contributed by atoms with Gasteiger partial charge < -0.3 is 20.1 Å². The van der Waals surface area contributed by atoms with E-state index >= 15 is 0 Å². The van der Waals surface area contributed by atoms with Crippen LogP contribution in [0.15, 0.2) is 30.6 Å². The smallest absolute Gasteiger partial charge is 0.249 e. The zero-order valence-electron chi connectivity index (χ0n) is 12.7. The predicted octanol–water partition coefficient (Wildman–Crippen LogP) is 2.70. The van der Waals surface area contributed by atoms with Crippen molar-refractivity contribution in [1.82, 2.24) is 9.97 Å². The zero-order chi connectivity index (χ0) is 15.4. The Morgan fingerprint density at radius 3 is 2.52 bits per heavy atom. The van der Waals surface area contributed by atoms with Crippen molar-refractivity contribution >= 4 is 11.4 Å². The van der Waals surface area contributed by atoms with Gasteiger partial charge in [0.05, 0.1) is 6.10 Å². The van der Waals surface area contributed by atoms with Crippen LogP contribution in [0.3, 0.4) is 0 Å². The van der Waals surface area contributed by atoms with Crippen LogP contribution in [0, 0.1) is 0 Å². The van der Waals surface area contributed by atoms with Crippen molar-refractivity contribution in [3.8, 4) is 17.5 Å². The van der Waals surface area contributed by atoms with Crippen LogP contribution in [0.2, 0.25) is 0 Å². The molecule has 1 aromatic heterocycles. The van der Waals surface area contributed by atoms with Crippen LogP contribution in [0.25, 0.3) is 0 Å². The van der Waals surface area contributed by atoms with E-state index in [1.165, 1.54) is 6.33 Å². The maximum atomic E-state index is 5.99. The van der Waals surface area contributed by atoms with Gasteiger partial charge >= 0.3 is 0 Å². The first-order chi connectivity index (χ1) is 9.97. The lowest BCUT2D eigenvalue weighted by Gasteiger charge is -2.15. The molecule has 0 bridgehead atoms. The molecule has 0 aliphatic rings. The van der Waals surface area contributed by atoms with Crippen LogP contribution < -0.4 is 20.1 Å². The molecule has 6 heteroatoms. The Balaban J connectivity index is 2.25. The molecule has 6 nitrogen and oxygen atoms in total. The second-order valence-corrected chi connectivity index (χ2v) is 5.06. The summed E-state index contributed by atoms with van der Waals surface area (Å²) in [6.07, 6.45) is 1.35. The summed E-state index contributed by atoms with van der Waals surface area (Å²) in [6, 6.07) is 7.65. The fraction of sp³-hybridized carbons (Fsp3) is 0.333. The van der Waals surface area contributed by atoms with E-state index < -0.39 is 0 Å². The van der Waals surface area contributed by atoms with Crippen LogP contribution in [0.4, 0.5) is 11.4 Å². The van der Waals surface area contributed by atoms with E-state index in [0.717, 1.165) is 5.69 Å². The van der Waals surface area contributed by atoms with Crippen molar-refractivity contribution < 1.29 is 9.47 Å². The first-order valence-electron chi connectivity index (χ1n) is 6.69. The van der Waals surface area contributed by atoms with Crippen molar-refractivity contribution in [1.29, 1.82) is 0 Å². The normalized spacial score (nSPS) is 10.5. The minimum Gasteiger partial charge on any atom is -0.473 e. The number of nitrogens with two attached hydrogens (primary N) is 1. The molecule has 2 aromatic rings. The molecule has 112 valence electrons. The summed E-state index contributed by atoms with van der Waals surface area (Å²) in [4.78, 5) is 10.1. The highest BCUT2D eigenvalue weighted by Gasteiger charge is 2.13. The molecule has 0 saturated carbocycles. The lowest BCUT2D eigenvalue weighted by molar-refractivity contribution is 0.233. The molecule has 1 heterocycles. The number of nitrogen functional groups attached to an aromatic ring is 1. The van der Waals surface area contributed by atoms with Crippen LogP contribution in [-0.2, 0) is 0 Å². The summed E-state index contributed by atoms with van der Waals surface area (Å²) in [5.74, 6) is 1.28. The van der Waals surface area contributed by atoms with Crippen molar-refractivity contribution in [3.63, 3.8) is 0 Å². The van der Waals surface area contributed by atoms with Gasteiger partial charge in [0.25, 0.3) is 0 Å². The maximum Gasteiger partial charge on any atom is 0.249 e. The zero-order valence-corrected chi connectivity index (χ0v) is 12.7. The molecule has 0 unspecified atom stereocenters. The highest BCUT2D eigenvalue weighted by molar-refractivity contribution is 5.58. The molecule has 1 aromatic carbocycles. The second kappa shape index (κ2) is 6.30. The second-order valence-electron chi connectivity index (χ2n) is 5.06. The van der Waals surface area contributed by atoms with Gasteiger partial charge in [-0.3, -0.25) is 0 Å². The van der Waals surface area contributed by atoms with Crippen molar-refractivity contribution in [2.24, 2.45) is 0 Å². The molecular formula is C15H20N4O2. The molecule has 0 amide bonds. The lowest BCUT2D eigenvalue weighted by Crippen LogP contribution is -2.10. The van der Waals surface area contributed by atoms with Gasteiger partial charge in [-0.05, 0) is 26.0 Å². The van der Waals surface area contributed by atoms with Gasteiger partial charge in [-0.25, -0.2) is 0 Å². The summed E-state index contributed by atoms with van der Waals surface area (Å²) in [7, 11) is 3.93. The van der Waals surface area contributed by atoms with Crippen molar-refractivity contribution in [3.05, 3.63) is 30.6 Å². The van der Waals surface area contributed by atoms with Crippen LogP contribution in [0.5, 0.6) is 17.5 Å². The minimum absolute atomic E-state index is 0.0212. The highest BCUT2D eigenvalue weighted by Crippen LogP contribution is 2.32. The van der Waals surface area contributed by atoms with E-state index in [4.69, 9.17) is 15.2 Å². The molecule has 0 saturated heterocycles. The van der Waals surface area contributed by atoms with Gasteiger partial charge in [0.15, 0.2) is 5.69 Å². The minimum atomic E-state index is -0.0212. The van der Waals surface area contributed by atoms with E-state index in [9.17, 15) is 0 Å². The fourth-order valence-corrected chi connectivity index (χ4v) is 1.70. The average Bonchev–Trinajstić information content (AvgIpc) is 2.43. The third kappa shape index (κ3) is 3.75. The van der Waals surface area contributed by atoms with Crippen molar-refractivity contribution in [2.75, 3.05) is 24.7 Å². The van der Waals surface area contributed by atoms with Crippen molar-refractivity contribution in [2.45, 2.75) is 20.0 Å². The van der Waals surface area contributed by atoms with Crippen LogP contribution >= 0.6 is 0 Å². The maximum absolute atomic E-state index is 5.99. The van der Waals surface area contributed by atoms with E-state index in [2.05, 4.69) is 9.97 Å². The third-order valence-corrected chi connectivity index (χ3v) is 2.71. The largest absolute Gasteiger partial charge is 0.473 e. The average molecular weight is 288 g/mol.